The molecule has 4 rings (SSSR count). The first-order valence-corrected chi connectivity index (χ1v) is 9.99. The fourth-order valence-corrected chi connectivity index (χ4v) is 4.11. The Morgan fingerprint density at radius 2 is 1.90 bits per heavy atom. The second-order valence-electron chi connectivity index (χ2n) is 6.75. The number of hydrogen-bond acceptors (Lipinski definition) is 5. The van der Waals surface area contributed by atoms with Gasteiger partial charge in [0.15, 0.2) is 0 Å². The lowest BCUT2D eigenvalue weighted by Crippen LogP contribution is -2.30. The monoisotopic (exact) mass is 419 g/mol. The summed E-state index contributed by atoms with van der Waals surface area (Å²) in [5.74, 6) is -1.30. The van der Waals surface area contributed by atoms with Crippen LogP contribution >= 0.6 is 11.3 Å². The number of anilines is 1. The molecule has 0 spiro atoms. The molecule has 0 fully saturated rings. The standard InChI is InChI=1S/C22H17N3O4S/c1-13-6-5-9-15(10-13)23-17(26)11-25-19(14-7-3-2-4-8-14)24-20-18(21(25)27)16(12-30-20)22(28)29/h2-10,12H,11H2,1H3,(H,23,26)(H,28,29). The van der Waals surface area contributed by atoms with Gasteiger partial charge in [-0.3, -0.25) is 14.2 Å². The third kappa shape index (κ3) is 3.72. The van der Waals surface area contributed by atoms with Crippen LogP contribution in [0.1, 0.15) is 15.9 Å². The summed E-state index contributed by atoms with van der Waals surface area (Å²) in [7, 11) is 0. The number of aromatic carboxylic acids is 1. The molecular formula is C22H17N3O4S. The van der Waals surface area contributed by atoms with Gasteiger partial charge >= 0.3 is 5.97 Å². The Labute approximate surface area is 175 Å². The second kappa shape index (κ2) is 7.92. The van der Waals surface area contributed by atoms with E-state index in [1.807, 2.05) is 31.2 Å². The minimum atomic E-state index is -1.21. The maximum atomic E-state index is 13.2. The van der Waals surface area contributed by atoms with Crippen LogP contribution in [0.3, 0.4) is 0 Å². The number of thiophene rings is 1. The Kier molecular flexibility index (Phi) is 5.16. The fourth-order valence-electron chi connectivity index (χ4n) is 3.20. The highest BCUT2D eigenvalue weighted by atomic mass is 32.1. The molecule has 2 aromatic heterocycles. The first-order chi connectivity index (χ1) is 14.4. The molecule has 8 heteroatoms. The van der Waals surface area contributed by atoms with Crippen LogP contribution in [0.25, 0.3) is 21.6 Å². The summed E-state index contributed by atoms with van der Waals surface area (Å²) in [6, 6.07) is 16.3. The normalized spacial score (nSPS) is 10.8. The van der Waals surface area contributed by atoms with Gasteiger partial charge in [-0.1, -0.05) is 42.5 Å². The summed E-state index contributed by atoms with van der Waals surface area (Å²) in [5, 5.41) is 13.6. The van der Waals surface area contributed by atoms with Crippen LogP contribution in [-0.4, -0.2) is 26.5 Å². The van der Waals surface area contributed by atoms with Crippen molar-refractivity contribution in [2.45, 2.75) is 13.5 Å². The number of carbonyl (C=O) groups excluding carboxylic acids is 1. The highest BCUT2D eigenvalue weighted by Gasteiger charge is 2.21. The van der Waals surface area contributed by atoms with Crippen LogP contribution in [0.15, 0.2) is 64.8 Å². The minimum absolute atomic E-state index is 0.00976. The Morgan fingerprint density at radius 1 is 1.13 bits per heavy atom. The second-order valence-corrected chi connectivity index (χ2v) is 7.60. The van der Waals surface area contributed by atoms with Crippen LogP contribution in [0, 0.1) is 6.92 Å². The van der Waals surface area contributed by atoms with Gasteiger partial charge in [-0.25, -0.2) is 9.78 Å². The van der Waals surface area contributed by atoms with Crippen LogP contribution in [0.5, 0.6) is 0 Å². The molecule has 0 bridgehead atoms. The lowest BCUT2D eigenvalue weighted by molar-refractivity contribution is -0.116. The highest BCUT2D eigenvalue weighted by molar-refractivity contribution is 7.17. The van der Waals surface area contributed by atoms with E-state index in [0.717, 1.165) is 16.9 Å². The summed E-state index contributed by atoms with van der Waals surface area (Å²) in [5.41, 5.74) is 1.59. The summed E-state index contributed by atoms with van der Waals surface area (Å²) in [6.07, 6.45) is 0. The van der Waals surface area contributed by atoms with Crippen molar-refractivity contribution in [1.82, 2.24) is 9.55 Å². The zero-order valence-corrected chi connectivity index (χ0v) is 16.8. The maximum Gasteiger partial charge on any atom is 0.337 e. The number of amides is 1. The number of nitrogens with zero attached hydrogens (tertiary/aromatic N) is 2. The molecule has 1 amide bonds. The molecule has 0 aliphatic rings. The van der Waals surface area contributed by atoms with Crippen molar-refractivity contribution in [3.05, 3.63) is 81.5 Å². The van der Waals surface area contributed by atoms with Crippen molar-refractivity contribution in [2.24, 2.45) is 0 Å². The number of aromatic nitrogens is 2. The molecule has 0 unspecified atom stereocenters. The first kappa shape index (κ1) is 19.5. The number of nitrogens with one attached hydrogen (secondary N) is 1. The smallest absolute Gasteiger partial charge is 0.337 e. The average Bonchev–Trinajstić information content (AvgIpc) is 3.15. The molecule has 2 heterocycles. The predicted molar refractivity (Wildman–Crippen MR) is 116 cm³/mol. The highest BCUT2D eigenvalue weighted by Crippen LogP contribution is 2.25. The van der Waals surface area contributed by atoms with E-state index < -0.39 is 17.4 Å². The molecular weight excluding hydrogens is 402 g/mol. The van der Waals surface area contributed by atoms with E-state index in [0.29, 0.717) is 21.9 Å². The fraction of sp³-hybridized carbons (Fsp3) is 0.0909. The van der Waals surface area contributed by atoms with Gasteiger partial charge in [0, 0.05) is 16.6 Å². The van der Waals surface area contributed by atoms with Crippen LogP contribution in [-0.2, 0) is 11.3 Å². The van der Waals surface area contributed by atoms with E-state index in [-0.39, 0.29) is 17.5 Å². The summed E-state index contributed by atoms with van der Waals surface area (Å²) in [6.45, 7) is 1.62. The van der Waals surface area contributed by atoms with Gasteiger partial charge in [-0.05, 0) is 24.6 Å². The lowest BCUT2D eigenvalue weighted by atomic mass is 10.2. The number of benzene rings is 2. The van der Waals surface area contributed by atoms with Gasteiger partial charge in [-0.2, -0.15) is 0 Å². The van der Waals surface area contributed by atoms with Crippen LogP contribution in [0.4, 0.5) is 5.69 Å². The number of carboxylic acids is 1. The summed E-state index contributed by atoms with van der Waals surface area (Å²) < 4.78 is 1.22. The van der Waals surface area contributed by atoms with E-state index in [4.69, 9.17) is 0 Å². The molecule has 2 aromatic carbocycles. The molecule has 0 aliphatic carbocycles. The van der Waals surface area contributed by atoms with Gasteiger partial charge in [0.25, 0.3) is 5.56 Å². The third-order valence-corrected chi connectivity index (χ3v) is 5.43. The van der Waals surface area contributed by atoms with Crippen molar-refractivity contribution in [2.75, 3.05) is 5.32 Å². The zero-order chi connectivity index (χ0) is 21.3. The van der Waals surface area contributed by atoms with Gasteiger partial charge in [-0.15, -0.1) is 11.3 Å². The van der Waals surface area contributed by atoms with Gasteiger partial charge in [0.05, 0.1) is 10.9 Å². The van der Waals surface area contributed by atoms with E-state index in [2.05, 4.69) is 10.3 Å². The molecule has 0 radical (unpaired) electrons. The van der Waals surface area contributed by atoms with Gasteiger partial charge < -0.3 is 10.4 Å². The largest absolute Gasteiger partial charge is 0.478 e. The maximum absolute atomic E-state index is 13.2. The van der Waals surface area contributed by atoms with Crippen LogP contribution < -0.4 is 10.9 Å². The third-order valence-electron chi connectivity index (χ3n) is 4.56. The Morgan fingerprint density at radius 3 is 2.60 bits per heavy atom. The van der Waals surface area contributed by atoms with Gasteiger partial charge in [0.2, 0.25) is 5.91 Å². The zero-order valence-electron chi connectivity index (χ0n) is 16.0. The van der Waals surface area contributed by atoms with Crippen molar-refractivity contribution >= 4 is 39.1 Å². The first-order valence-electron chi connectivity index (χ1n) is 9.11. The SMILES string of the molecule is Cc1cccc(NC(=O)Cn2c(-c3ccccc3)nc3scc(C(=O)O)c3c2=O)c1. The van der Waals surface area contributed by atoms with Crippen molar-refractivity contribution in [3.63, 3.8) is 0 Å². The Hall–Kier alpha value is -3.78. The van der Waals surface area contributed by atoms with E-state index in [1.165, 1.54) is 9.95 Å². The summed E-state index contributed by atoms with van der Waals surface area (Å²) >= 11 is 1.09. The molecule has 0 saturated heterocycles. The molecule has 2 N–H and O–H groups in total. The molecule has 30 heavy (non-hydrogen) atoms. The number of carbonyl (C=O) groups is 2. The number of rotatable bonds is 5. The van der Waals surface area contributed by atoms with E-state index in [1.54, 1.807) is 30.3 Å². The minimum Gasteiger partial charge on any atom is -0.478 e. The molecule has 4 aromatic rings. The predicted octanol–water partition coefficient (Wildman–Crippen LogP) is 3.77. The Bertz CT molecular complexity index is 1330. The van der Waals surface area contributed by atoms with Crippen LogP contribution in [0.2, 0.25) is 0 Å². The number of aryl methyl sites for hydroxylation is 1. The lowest BCUT2D eigenvalue weighted by Gasteiger charge is -2.13. The van der Waals surface area contributed by atoms with E-state index >= 15 is 0 Å². The number of carboxylic acid groups (broad SMARTS) is 1. The topological polar surface area (TPSA) is 101 Å². The van der Waals surface area contributed by atoms with Crippen molar-refractivity contribution in [1.29, 1.82) is 0 Å². The van der Waals surface area contributed by atoms with E-state index in [9.17, 15) is 19.5 Å². The quantitative estimate of drug-likeness (QED) is 0.513. The molecule has 0 aliphatic heterocycles. The van der Waals surface area contributed by atoms with Crippen molar-refractivity contribution < 1.29 is 14.7 Å². The number of hydrogen-bond donors (Lipinski definition) is 2. The summed E-state index contributed by atoms with van der Waals surface area (Å²) in [4.78, 5) is 42.3. The van der Waals surface area contributed by atoms with Crippen molar-refractivity contribution in [3.8, 4) is 11.4 Å². The molecule has 0 atom stereocenters. The number of fused-ring (bicyclic) bond motifs is 1. The van der Waals surface area contributed by atoms with Gasteiger partial charge in [0.1, 0.15) is 17.2 Å². The molecule has 0 saturated carbocycles. The Balaban J connectivity index is 1.82. The average molecular weight is 419 g/mol. The molecule has 7 nitrogen and oxygen atoms in total. The molecule has 150 valence electrons.